The first kappa shape index (κ1) is 18.7. The fraction of sp³-hybridized carbons (Fsp3) is 0.455. The van der Waals surface area contributed by atoms with Crippen LogP contribution in [0.1, 0.15) is 49.3 Å². The molecule has 0 bridgehead atoms. The van der Waals surface area contributed by atoms with Crippen LogP contribution in [0.5, 0.6) is 0 Å². The summed E-state index contributed by atoms with van der Waals surface area (Å²) in [6.45, 7) is 3.02. The number of benzene rings is 2. The van der Waals surface area contributed by atoms with Crippen LogP contribution in [0.15, 0.2) is 46.2 Å². The Balaban J connectivity index is 1.63. The lowest BCUT2D eigenvalue weighted by Gasteiger charge is -2.29. The normalized spacial score (nSPS) is 22.1. The summed E-state index contributed by atoms with van der Waals surface area (Å²) in [6.07, 6.45) is 1.16. The smallest absolute Gasteiger partial charge is 0.384 e. The van der Waals surface area contributed by atoms with Gasteiger partial charge in [-0.2, -0.15) is 13.2 Å². The standard InChI is InChI=1S/C22H24F3NS/c1-14-5-4-6-15(9-14)13-26-19-11-17(22(23,24)25)12-21-18(19)10-16-7-2-3-8-20(16)27-21/h2-3,7-8,11-12,14-15,26H,4-6,9-10,13H2,1H3/t14-,15+/m0/s1. The maximum absolute atomic E-state index is 13.4. The molecule has 1 aliphatic heterocycles. The lowest BCUT2D eigenvalue weighted by Crippen LogP contribution is -2.22. The van der Waals surface area contributed by atoms with Crippen LogP contribution in [-0.4, -0.2) is 6.54 Å². The van der Waals surface area contributed by atoms with Gasteiger partial charge in [0.05, 0.1) is 5.56 Å². The fourth-order valence-electron chi connectivity index (χ4n) is 4.30. The van der Waals surface area contributed by atoms with Gasteiger partial charge in [0.1, 0.15) is 0 Å². The number of nitrogens with one attached hydrogen (secondary N) is 1. The minimum atomic E-state index is -4.33. The molecule has 1 saturated carbocycles. The van der Waals surface area contributed by atoms with E-state index >= 15 is 0 Å². The molecule has 1 N–H and O–H groups in total. The summed E-state index contributed by atoms with van der Waals surface area (Å²) in [5, 5.41) is 3.39. The summed E-state index contributed by atoms with van der Waals surface area (Å²) in [6, 6.07) is 10.6. The van der Waals surface area contributed by atoms with E-state index in [1.807, 2.05) is 18.2 Å². The van der Waals surface area contributed by atoms with Crippen LogP contribution in [-0.2, 0) is 12.6 Å². The molecule has 2 aliphatic rings. The molecule has 1 heterocycles. The zero-order valence-electron chi connectivity index (χ0n) is 15.4. The Hall–Kier alpha value is -1.62. The van der Waals surface area contributed by atoms with Crippen molar-refractivity contribution >= 4 is 17.4 Å². The Kier molecular flexibility index (Phi) is 5.15. The maximum atomic E-state index is 13.4. The van der Waals surface area contributed by atoms with Gasteiger partial charge in [-0.05, 0) is 54.0 Å². The molecule has 0 unspecified atom stereocenters. The number of halogens is 3. The molecule has 4 rings (SSSR count). The van der Waals surface area contributed by atoms with Crippen molar-refractivity contribution in [1.82, 2.24) is 0 Å². The van der Waals surface area contributed by atoms with Gasteiger partial charge >= 0.3 is 6.18 Å². The molecule has 2 aromatic rings. The Morgan fingerprint density at radius 2 is 1.93 bits per heavy atom. The summed E-state index contributed by atoms with van der Waals surface area (Å²) < 4.78 is 40.3. The van der Waals surface area contributed by atoms with Gasteiger partial charge in [-0.15, -0.1) is 0 Å². The van der Waals surface area contributed by atoms with Crippen LogP contribution in [0.25, 0.3) is 0 Å². The van der Waals surface area contributed by atoms with Crippen molar-refractivity contribution in [2.24, 2.45) is 11.8 Å². The molecule has 0 radical (unpaired) electrons. The summed E-state index contributed by atoms with van der Waals surface area (Å²) in [4.78, 5) is 1.78. The second-order valence-electron chi connectivity index (χ2n) is 7.90. The predicted octanol–water partition coefficient (Wildman–Crippen LogP) is 7.00. The molecule has 27 heavy (non-hydrogen) atoms. The number of alkyl halides is 3. The van der Waals surface area contributed by atoms with Crippen molar-refractivity contribution in [3.63, 3.8) is 0 Å². The van der Waals surface area contributed by atoms with E-state index in [1.54, 1.807) is 0 Å². The molecule has 0 saturated heterocycles. The first-order chi connectivity index (χ1) is 12.9. The minimum Gasteiger partial charge on any atom is -0.384 e. The fourth-order valence-corrected chi connectivity index (χ4v) is 5.44. The SMILES string of the molecule is C[C@H]1CCC[C@@H](CNc2cc(C(F)(F)F)cc3c2Cc2ccccc2S3)C1. The molecule has 2 atom stereocenters. The molecular formula is C22H24F3NS. The van der Waals surface area contributed by atoms with Gasteiger partial charge in [0.15, 0.2) is 0 Å². The molecule has 1 fully saturated rings. The average Bonchev–Trinajstić information content (AvgIpc) is 2.63. The van der Waals surface area contributed by atoms with Gasteiger partial charge in [0, 0.05) is 28.4 Å². The highest BCUT2D eigenvalue weighted by atomic mass is 32.2. The Bertz CT molecular complexity index is 831. The van der Waals surface area contributed by atoms with E-state index < -0.39 is 11.7 Å². The molecule has 2 aromatic carbocycles. The van der Waals surface area contributed by atoms with E-state index in [1.165, 1.54) is 42.3 Å². The van der Waals surface area contributed by atoms with Crippen LogP contribution in [0.2, 0.25) is 0 Å². The number of hydrogen-bond acceptors (Lipinski definition) is 2. The molecular weight excluding hydrogens is 367 g/mol. The van der Waals surface area contributed by atoms with Gasteiger partial charge in [-0.1, -0.05) is 49.7 Å². The van der Waals surface area contributed by atoms with E-state index in [-0.39, 0.29) is 0 Å². The lowest BCUT2D eigenvalue weighted by molar-refractivity contribution is -0.137. The van der Waals surface area contributed by atoms with Crippen molar-refractivity contribution in [3.05, 3.63) is 53.1 Å². The van der Waals surface area contributed by atoms with E-state index in [4.69, 9.17) is 0 Å². The molecule has 0 spiro atoms. The monoisotopic (exact) mass is 391 g/mol. The van der Waals surface area contributed by atoms with Crippen LogP contribution in [0.4, 0.5) is 18.9 Å². The Morgan fingerprint density at radius 1 is 1.11 bits per heavy atom. The Labute approximate surface area is 162 Å². The molecule has 5 heteroatoms. The molecule has 144 valence electrons. The van der Waals surface area contributed by atoms with Crippen molar-refractivity contribution in [3.8, 4) is 0 Å². The van der Waals surface area contributed by atoms with Crippen LogP contribution < -0.4 is 5.32 Å². The van der Waals surface area contributed by atoms with Crippen molar-refractivity contribution in [2.45, 2.75) is 55.0 Å². The van der Waals surface area contributed by atoms with E-state index in [9.17, 15) is 13.2 Å². The topological polar surface area (TPSA) is 12.0 Å². The molecule has 0 amide bonds. The second kappa shape index (κ2) is 7.42. The maximum Gasteiger partial charge on any atom is 0.416 e. The zero-order chi connectivity index (χ0) is 19.0. The lowest BCUT2D eigenvalue weighted by atomic mass is 9.82. The van der Waals surface area contributed by atoms with Crippen molar-refractivity contribution in [2.75, 3.05) is 11.9 Å². The summed E-state index contributed by atoms with van der Waals surface area (Å²) in [7, 11) is 0. The summed E-state index contributed by atoms with van der Waals surface area (Å²) >= 11 is 1.45. The highest BCUT2D eigenvalue weighted by molar-refractivity contribution is 7.99. The zero-order valence-corrected chi connectivity index (χ0v) is 16.2. The quantitative estimate of drug-likeness (QED) is 0.516. The Morgan fingerprint density at radius 3 is 2.70 bits per heavy atom. The van der Waals surface area contributed by atoms with Gasteiger partial charge in [0.2, 0.25) is 0 Å². The second-order valence-corrected chi connectivity index (χ2v) is 8.99. The highest BCUT2D eigenvalue weighted by Crippen LogP contribution is 2.45. The van der Waals surface area contributed by atoms with E-state index in [0.29, 0.717) is 23.9 Å². The number of hydrogen-bond donors (Lipinski definition) is 1. The van der Waals surface area contributed by atoms with Crippen LogP contribution >= 0.6 is 11.8 Å². The van der Waals surface area contributed by atoms with Crippen LogP contribution in [0.3, 0.4) is 0 Å². The highest BCUT2D eigenvalue weighted by Gasteiger charge is 2.33. The predicted molar refractivity (Wildman–Crippen MR) is 104 cm³/mol. The van der Waals surface area contributed by atoms with Gasteiger partial charge in [-0.3, -0.25) is 0 Å². The first-order valence-electron chi connectivity index (χ1n) is 9.64. The number of fused-ring (bicyclic) bond motifs is 2. The molecule has 1 nitrogen and oxygen atoms in total. The number of rotatable bonds is 3. The van der Waals surface area contributed by atoms with Crippen LogP contribution in [0, 0.1) is 11.8 Å². The third-order valence-corrected chi connectivity index (χ3v) is 6.92. The van der Waals surface area contributed by atoms with E-state index in [0.717, 1.165) is 34.7 Å². The minimum absolute atomic E-state index is 0.544. The third kappa shape index (κ3) is 4.13. The average molecular weight is 392 g/mol. The van der Waals surface area contributed by atoms with Crippen molar-refractivity contribution < 1.29 is 13.2 Å². The first-order valence-corrected chi connectivity index (χ1v) is 10.5. The van der Waals surface area contributed by atoms with Gasteiger partial charge in [-0.25, -0.2) is 0 Å². The summed E-state index contributed by atoms with van der Waals surface area (Å²) in [5.74, 6) is 1.26. The molecule has 1 aliphatic carbocycles. The van der Waals surface area contributed by atoms with Crippen molar-refractivity contribution in [1.29, 1.82) is 0 Å². The molecule has 0 aromatic heterocycles. The number of anilines is 1. The van der Waals surface area contributed by atoms with E-state index in [2.05, 4.69) is 18.3 Å². The summed E-state index contributed by atoms with van der Waals surface area (Å²) in [5.41, 5.74) is 2.27. The third-order valence-electron chi connectivity index (χ3n) is 5.72. The van der Waals surface area contributed by atoms with Gasteiger partial charge in [0.25, 0.3) is 0 Å². The largest absolute Gasteiger partial charge is 0.416 e. The van der Waals surface area contributed by atoms with Gasteiger partial charge < -0.3 is 5.32 Å².